The van der Waals surface area contributed by atoms with E-state index >= 15 is 0 Å². The number of nitrogens with zero attached hydrogens (tertiary/aromatic N) is 1. The van der Waals surface area contributed by atoms with E-state index < -0.39 is 52.7 Å². The van der Waals surface area contributed by atoms with Crippen LogP contribution in [-0.2, 0) is 11.3 Å². The second kappa shape index (κ2) is 9.01. The Morgan fingerprint density at radius 2 is 1.89 bits per heavy atom. The zero-order valence-electron chi connectivity index (χ0n) is 13.8. The minimum atomic E-state index is -2.01. The lowest BCUT2D eigenvalue weighted by molar-refractivity contribution is -0.389. The number of aliphatic hydroxyl groups excluding tert-OH is 2. The second-order valence-corrected chi connectivity index (χ2v) is 5.54. The number of ether oxygens (including phenoxy) is 1. The molecule has 0 spiro atoms. The quantitative estimate of drug-likeness (QED) is 0.498. The lowest BCUT2D eigenvalue weighted by atomic mass is 10.0. The Kier molecular flexibility index (Phi) is 6.74. The molecule has 0 aliphatic carbocycles. The number of amides is 1. The Balaban J connectivity index is 1.96. The highest BCUT2D eigenvalue weighted by atomic mass is 19.1. The molecule has 0 radical (unpaired) electrons. The van der Waals surface area contributed by atoms with Crippen LogP contribution < -0.4 is 5.32 Å². The fourth-order valence-corrected chi connectivity index (χ4v) is 2.28. The molecule has 2 unspecified atom stereocenters. The molecule has 0 aliphatic rings. The number of nitro groups is 1. The van der Waals surface area contributed by atoms with Crippen molar-refractivity contribution in [1.82, 2.24) is 5.32 Å². The molecular weight excluding hydrogens is 366 g/mol. The normalized spacial score (nSPS) is 12.9. The number of aliphatic hydroxyl groups is 2. The third-order valence-corrected chi connectivity index (χ3v) is 3.59. The van der Waals surface area contributed by atoms with Gasteiger partial charge in [-0.15, -0.1) is 0 Å². The molecule has 10 heteroatoms. The average molecular weight is 382 g/mol. The number of rotatable bonds is 7. The first kappa shape index (κ1) is 20.2. The zero-order chi connectivity index (χ0) is 20.0. The van der Waals surface area contributed by atoms with Crippen molar-refractivity contribution in [3.63, 3.8) is 0 Å². The topological polar surface area (TPSA) is 122 Å². The van der Waals surface area contributed by atoms with Crippen LogP contribution in [0, 0.1) is 21.7 Å². The number of nitrogens with one attached hydrogen (secondary N) is 1. The highest BCUT2D eigenvalue weighted by Gasteiger charge is 2.30. The summed E-state index contributed by atoms with van der Waals surface area (Å²) in [5.41, 5.74) is -1.18. The Labute approximate surface area is 152 Å². The molecule has 0 bridgehead atoms. The summed E-state index contributed by atoms with van der Waals surface area (Å²) >= 11 is 0. The molecule has 0 fully saturated rings. The number of benzene rings is 2. The molecule has 2 aromatic rings. The van der Waals surface area contributed by atoms with Gasteiger partial charge in [-0.2, -0.15) is 4.39 Å². The van der Waals surface area contributed by atoms with E-state index in [1.807, 2.05) is 0 Å². The SMILES string of the molecule is O=C(NCC(O)C(O)c1cc(F)cc(F)c1[N+](=O)[O-])OCc1ccccc1. The standard InChI is InChI=1S/C17H16F2N2O6/c18-11-6-12(15(21(25)26)13(19)7-11)16(23)14(22)8-20-17(24)27-9-10-4-2-1-3-5-10/h1-7,14,16,22-23H,8-9H2,(H,20,24). The molecule has 2 atom stereocenters. The van der Waals surface area contributed by atoms with E-state index in [4.69, 9.17) is 4.74 Å². The lowest BCUT2D eigenvalue weighted by Gasteiger charge is -2.18. The molecule has 0 aromatic heterocycles. The van der Waals surface area contributed by atoms with E-state index in [-0.39, 0.29) is 6.61 Å². The summed E-state index contributed by atoms with van der Waals surface area (Å²) in [5.74, 6) is -2.65. The summed E-state index contributed by atoms with van der Waals surface area (Å²) in [7, 11) is 0. The Morgan fingerprint density at radius 3 is 2.52 bits per heavy atom. The van der Waals surface area contributed by atoms with E-state index in [1.54, 1.807) is 30.3 Å². The summed E-state index contributed by atoms with van der Waals surface area (Å²) in [6.45, 7) is -0.601. The van der Waals surface area contributed by atoms with Gasteiger partial charge >= 0.3 is 11.8 Å². The van der Waals surface area contributed by atoms with Crippen molar-refractivity contribution < 1.29 is 33.4 Å². The summed E-state index contributed by atoms with van der Waals surface area (Å²) < 4.78 is 31.8. The van der Waals surface area contributed by atoms with Crippen LogP contribution in [0.4, 0.5) is 19.3 Å². The summed E-state index contributed by atoms with van der Waals surface area (Å²) in [4.78, 5) is 21.4. The fourth-order valence-electron chi connectivity index (χ4n) is 2.28. The minimum absolute atomic E-state index is 0.0358. The van der Waals surface area contributed by atoms with Crippen LogP contribution in [0.1, 0.15) is 17.2 Å². The van der Waals surface area contributed by atoms with Gasteiger partial charge in [-0.1, -0.05) is 30.3 Å². The molecule has 0 saturated carbocycles. The van der Waals surface area contributed by atoms with Gasteiger partial charge in [0.05, 0.1) is 10.5 Å². The molecule has 0 heterocycles. The van der Waals surface area contributed by atoms with Crippen molar-refractivity contribution in [2.45, 2.75) is 18.8 Å². The van der Waals surface area contributed by atoms with Crippen LogP contribution in [-0.4, -0.2) is 33.9 Å². The number of nitro benzene ring substituents is 1. The maximum Gasteiger partial charge on any atom is 0.407 e. The van der Waals surface area contributed by atoms with Gasteiger partial charge in [-0.3, -0.25) is 10.1 Å². The molecular formula is C17H16F2N2O6. The number of hydrogen-bond donors (Lipinski definition) is 3. The van der Waals surface area contributed by atoms with Crippen molar-refractivity contribution >= 4 is 11.8 Å². The number of carbonyl (C=O) groups excluding carboxylic acids is 1. The van der Waals surface area contributed by atoms with Crippen LogP contribution in [0.15, 0.2) is 42.5 Å². The van der Waals surface area contributed by atoms with E-state index in [9.17, 15) is 33.9 Å². The van der Waals surface area contributed by atoms with E-state index in [1.165, 1.54) is 0 Å². The first-order valence-corrected chi connectivity index (χ1v) is 7.73. The third-order valence-electron chi connectivity index (χ3n) is 3.59. The fraction of sp³-hybridized carbons (Fsp3) is 0.235. The molecule has 2 rings (SSSR count). The summed E-state index contributed by atoms with van der Waals surface area (Å²) in [6.07, 6.45) is -4.69. The Bertz CT molecular complexity index is 819. The first-order chi connectivity index (χ1) is 12.8. The zero-order valence-corrected chi connectivity index (χ0v) is 13.8. The minimum Gasteiger partial charge on any atom is -0.445 e. The molecule has 2 aromatic carbocycles. The lowest BCUT2D eigenvalue weighted by Crippen LogP contribution is -2.36. The molecule has 3 N–H and O–H groups in total. The van der Waals surface area contributed by atoms with Crippen LogP contribution in [0.3, 0.4) is 0 Å². The maximum absolute atomic E-state index is 13.6. The molecule has 0 aliphatic heterocycles. The van der Waals surface area contributed by atoms with Gasteiger partial charge in [-0.05, 0) is 11.6 Å². The first-order valence-electron chi connectivity index (χ1n) is 7.73. The molecule has 27 heavy (non-hydrogen) atoms. The summed E-state index contributed by atoms with van der Waals surface area (Å²) in [5, 5.41) is 33.0. The van der Waals surface area contributed by atoms with Crippen LogP contribution in [0.25, 0.3) is 0 Å². The number of carbonyl (C=O) groups is 1. The van der Waals surface area contributed by atoms with Gasteiger partial charge in [0.25, 0.3) is 0 Å². The second-order valence-electron chi connectivity index (χ2n) is 5.54. The third kappa shape index (κ3) is 5.43. The number of alkyl carbamates (subject to hydrolysis) is 1. The van der Waals surface area contributed by atoms with Crippen molar-refractivity contribution in [3.8, 4) is 0 Å². The Morgan fingerprint density at radius 1 is 1.22 bits per heavy atom. The van der Waals surface area contributed by atoms with Crippen molar-refractivity contribution in [2.75, 3.05) is 6.54 Å². The van der Waals surface area contributed by atoms with Gasteiger partial charge < -0.3 is 20.3 Å². The van der Waals surface area contributed by atoms with Crippen LogP contribution >= 0.6 is 0 Å². The van der Waals surface area contributed by atoms with Gasteiger partial charge in [0.15, 0.2) is 0 Å². The molecule has 8 nitrogen and oxygen atoms in total. The highest BCUT2D eigenvalue weighted by molar-refractivity contribution is 5.67. The van der Waals surface area contributed by atoms with Gasteiger partial charge in [0.2, 0.25) is 5.82 Å². The van der Waals surface area contributed by atoms with Crippen molar-refractivity contribution in [2.24, 2.45) is 0 Å². The predicted molar refractivity (Wildman–Crippen MR) is 88.6 cm³/mol. The predicted octanol–water partition coefficient (Wildman–Crippen LogP) is 2.19. The molecule has 0 saturated heterocycles. The van der Waals surface area contributed by atoms with Crippen LogP contribution in [0.5, 0.6) is 0 Å². The summed E-state index contributed by atoms with van der Waals surface area (Å²) in [6, 6.07) is 9.58. The van der Waals surface area contributed by atoms with E-state index in [2.05, 4.69) is 5.32 Å². The smallest absolute Gasteiger partial charge is 0.407 e. The molecule has 1 amide bonds. The van der Waals surface area contributed by atoms with E-state index in [0.717, 1.165) is 5.56 Å². The maximum atomic E-state index is 13.6. The van der Waals surface area contributed by atoms with Gasteiger partial charge in [-0.25, -0.2) is 9.18 Å². The highest BCUT2D eigenvalue weighted by Crippen LogP contribution is 2.30. The number of halogens is 2. The molecule has 144 valence electrons. The van der Waals surface area contributed by atoms with E-state index in [0.29, 0.717) is 12.1 Å². The van der Waals surface area contributed by atoms with Crippen molar-refractivity contribution in [3.05, 3.63) is 75.3 Å². The van der Waals surface area contributed by atoms with Gasteiger partial charge in [0.1, 0.15) is 24.6 Å². The average Bonchev–Trinajstić information content (AvgIpc) is 2.63. The van der Waals surface area contributed by atoms with Gasteiger partial charge in [0, 0.05) is 12.6 Å². The van der Waals surface area contributed by atoms with Crippen LogP contribution in [0.2, 0.25) is 0 Å². The largest absolute Gasteiger partial charge is 0.445 e. The number of hydrogen-bond acceptors (Lipinski definition) is 6. The van der Waals surface area contributed by atoms with Crippen molar-refractivity contribution in [1.29, 1.82) is 0 Å². The monoisotopic (exact) mass is 382 g/mol. The Hall–Kier alpha value is -3.11.